The molecule has 0 saturated carbocycles. The number of tetrazole rings is 1. The van der Waals surface area contributed by atoms with Crippen LogP contribution in [0.5, 0.6) is 0 Å². The first-order chi connectivity index (χ1) is 7.66. The Kier molecular flexibility index (Phi) is 2.59. The fourth-order valence-corrected chi connectivity index (χ4v) is 1.32. The molecule has 0 aliphatic heterocycles. The summed E-state index contributed by atoms with van der Waals surface area (Å²) in [4.78, 5) is 14.8. The van der Waals surface area contributed by atoms with E-state index in [0.29, 0.717) is 17.1 Å². The van der Waals surface area contributed by atoms with Gasteiger partial charge in [-0.25, -0.2) is 4.98 Å². The second-order valence-corrected chi connectivity index (χ2v) is 3.24. The highest BCUT2D eigenvalue weighted by molar-refractivity contribution is 5.70. The first kappa shape index (κ1) is 10.2. The Bertz CT molecular complexity index is 509. The Morgan fingerprint density at radius 1 is 1.50 bits per heavy atom. The van der Waals surface area contributed by atoms with Crippen molar-refractivity contribution in [2.45, 2.75) is 13.3 Å². The van der Waals surface area contributed by atoms with Crippen molar-refractivity contribution in [1.82, 2.24) is 25.2 Å². The molecule has 2 rings (SSSR count). The number of aliphatic carboxylic acids is 1. The monoisotopic (exact) mass is 219 g/mol. The van der Waals surface area contributed by atoms with Crippen LogP contribution in [-0.4, -0.2) is 36.3 Å². The maximum atomic E-state index is 10.6. The summed E-state index contributed by atoms with van der Waals surface area (Å²) in [6, 6.07) is 3.40. The summed E-state index contributed by atoms with van der Waals surface area (Å²) in [6.45, 7) is 1.76. The zero-order valence-corrected chi connectivity index (χ0v) is 8.53. The molecule has 16 heavy (non-hydrogen) atoms. The van der Waals surface area contributed by atoms with Crippen molar-refractivity contribution in [3.05, 3.63) is 29.7 Å². The van der Waals surface area contributed by atoms with E-state index in [1.807, 2.05) is 0 Å². The molecule has 7 nitrogen and oxygen atoms in total. The molecule has 0 saturated heterocycles. The summed E-state index contributed by atoms with van der Waals surface area (Å²) in [7, 11) is 0. The fourth-order valence-electron chi connectivity index (χ4n) is 1.32. The number of aromatic nitrogens is 5. The molecule has 0 aromatic carbocycles. The van der Waals surface area contributed by atoms with Crippen molar-refractivity contribution in [3.8, 4) is 5.82 Å². The van der Waals surface area contributed by atoms with Gasteiger partial charge in [-0.2, -0.15) is 4.68 Å². The van der Waals surface area contributed by atoms with E-state index in [1.165, 1.54) is 11.0 Å². The number of carboxylic acid groups (broad SMARTS) is 1. The largest absolute Gasteiger partial charge is 0.481 e. The quantitative estimate of drug-likeness (QED) is 0.780. The number of carbonyl (C=O) groups is 1. The van der Waals surface area contributed by atoms with E-state index in [-0.39, 0.29) is 6.42 Å². The summed E-state index contributed by atoms with van der Waals surface area (Å²) < 4.78 is 1.41. The molecule has 82 valence electrons. The molecule has 0 atom stereocenters. The average Bonchev–Trinajstić information content (AvgIpc) is 2.73. The molecule has 0 unspecified atom stereocenters. The summed E-state index contributed by atoms with van der Waals surface area (Å²) in [5.41, 5.74) is 1.35. The number of hydrogen-bond donors (Lipinski definition) is 1. The van der Waals surface area contributed by atoms with Crippen LogP contribution >= 0.6 is 0 Å². The summed E-state index contributed by atoms with van der Waals surface area (Å²) >= 11 is 0. The molecule has 0 spiro atoms. The highest BCUT2D eigenvalue weighted by atomic mass is 16.4. The Morgan fingerprint density at radius 3 is 2.88 bits per heavy atom. The lowest BCUT2D eigenvalue weighted by atomic mass is 10.1. The number of hydrogen-bond acceptors (Lipinski definition) is 5. The van der Waals surface area contributed by atoms with E-state index < -0.39 is 5.97 Å². The lowest BCUT2D eigenvalue weighted by molar-refractivity contribution is -0.136. The zero-order valence-electron chi connectivity index (χ0n) is 8.53. The van der Waals surface area contributed by atoms with Gasteiger partial charge >= 0.3 is 5.97 Å². The van der Waals surface area contributed by atoms with Crippen molar-refractivity contribution >= 4 is 5.97 Å². The number of rotatable bonds is 3. The second kappa shape index (κ2) is 4.05. The number of carboxylic acids is 1. The molecular weight excluding hydrogens is 210 g/mol. The van der Waals surface area contributed by atoms with Crippen LogP contribution in [0.2, 0.25) is 0 Å². The molecule has 0 amide bonds. The van der Waals surface area contributed by atoms with Crippen LogP contribution in [0.4, 0.5) is 0 Å². The van der Waals surface area contributed by atoms with E-state index in [4.69, 9.17) is 5.11 Å². The SMILES string of the molecule is Cc1nc(-n2cnnn2)ccc1CC(=O)O. The molecule has 0 bridgehead atoms. The maximum Gasteiger partial charge on any atom is 0.307 e. The van der Waals surface area contributed by atoms with Gasteiger partial charge in [0.2, 0.25) is 0 Å². The third kappa shape index (κ3) is 2.02. The third-order valence-electron chi connectivity index (χ3n) is 2.11. The summed E-state index contributed by atoms with van der Waals surface area (Å²) in [5.74, 6) is -0.309. The Labute approximate surface area is 90.7 Å². The van der Waals surface area contributed by atoms with Crippen molar-refractivity contribution in [2.75, 3.05) is 0 Å². The predicted octanol–water partition coefficient (Wildman–Crippen LogP) is -0.00718. The molecule has 0 aliphatic rings. The molecular formula is C9H9N5O2. The van der Waals surface area contributed by atoms with Crippen molar-refractivity contribution < 1.29 is 9.90 Å². The van der Waals surface area contributed by atoms with Gasteiger partial charge in [0.15, 0.2) is 5.82 Å². The van der Waals surface area contributed by atoms with Gasteiger partial charge < -0.3 is 5.11 Å². The van der Waals surface area contributed by atoms with Crippen LogP contribution in [0.3, 0.4) is 0 Å². The van der Waals surface area contributed by atoms with Crippen LogP contribution in [0, 0.1) is 6.92 Å². The van der Waals surface area contributed by atoms with Gasteiger partial charge in [0, 0.05) is 5.69 Å². The molecule has 1 N–H and O–H groups in total. The standard InChI is InChI=1S/C9H9N5O2/c1-6-7(4-9(15)16)2-3-8(11-6)14-5-10-12-13-14/h2-3,5H,4H2,1H3,(H,15,16). The van der Waals surface area contributed by atoms with Gasteiger partial charge in [0.1, 0.15) is 6.33 Å². The average molecular weight is 219 g/mol. The highest BCUT2D eigenvalue weighted by Gasteiger charge is 2.07. The molecule has 0 radical (unpaired) electrons. The molecule has 0 fully saturated rings. The van der Waals surface area contributed by atoms with Gasteiger partial charge in [-0.3, -0.25) is 4.79 Å². The van der Waals surface area contributed by atoms with Crippen LogP contribution in [0.15, 0.2) is 18.5 Å². The van der Waals surface area contributed by atoms with Crippen molar-refractivity contribution in [1.29, 1.82) is 0 Å². The van der Waals surface area contributed by atoms with E-state index >= 15 is 0 Å². The highest BCUT2D eigenvalue weighted by Crippen LogP contribution is 2.09. The number of aryl methyl sites for hydroxylation is 1. The van der Waals surface area contributed by atoms with E-state index in [9.17, 15) is 4.79 Å². The van der Waals surface area contributed by atoms with Crippen LogP contribution < -0.4 is 0 Å². The fraction of sp³-hybridized carbons (Fsp3) is 0.222. The smallest absolute Gasteiger partial charge is 0.307 e. The Hall–Kier alpha value is -2.31. The maximum absolute atomic E-state index is 10.6. The summed E-state index contributed by atoms with van der Waals surface area (Å²) in [5, 5.41) is 19.4. The first-order valence-electron chi connectivity index (χ1n) is 4.58. The normalized spacial score (nSPS) is 10.3. The van der Waals surface area contributed by atoms with Crippen LogP contribution in [0.1, 0.15) is 11.3 Å². The lowest BCUT2D eigenvalue weighted by Gasteiger charge is -2.04. The first-order valence-corrected chi connectivity index (χ1v) is 4.58. The van der Waals surface area contributed by atoms with E-state index in [0.717, 1.165) is 0 Å². The van der Waals surface area contributed by atoms with Crippen molar-refractivity contribution in [2.24, 2.45) is 0 Å². The number of pyridine rings is 1. The molecule has 0 aliphatic carbocycles. The third-order valence-corrected chi connectivity index (χ3v) is 2.11. The van der Waals surface area contributed by atoms with Crippen LogP contribution in [-0.2, 0) is 11.2 Å². The minimum absolute atomic E-state index is 0.0330. The molecule has 7 heteroatoms. The summed E-state index contributed by atoms with van der Waals surface area (Å²) in [6.07, 6.45) is 1.40. The van der Waals surface area contributed by atoms with E-state index in [1.54, 1.807) is 19.1 Å². The van der Waals surface area contributed by atoms with Gasteiger partial charge in [-0.05, 0) is 29.0 Å². The molecule has 2 aromatic rings. The number of nitrogens with zero attached hydrogens (tertiary/aromatic N) is 5. The van der Waals surface area contributed by atoms with Gasteiger partial charge in [-0.15, -0.1) is 5.10 Å². The van der Waals surface area contributed by atoms with E-state index in [2.05, 4.69) is 20.5 Å². The predicted molar refractivity (Wildman–Crippen MR) is 53.0 cm³/mol. The minimum Gasteiger partial charge on any atom is -0.481 e. The molecule has 2 heterocycles. The Morgan fingerprint density at radius 2 is 2.31 bits per heavy atom. The van der Waals surface area contributed by atoms with Crippen LogP contribution in [0.25, 0.3) is 5.82 Å². The van der Waals surface area contributed by atoms with Gasteiger partial charge in [0.25, 0.3) is 0 Å². The van der Waals surface area contributed by atoms with Gasteiger partial charge in [0.05, 0.1) is 6.42 Å². The molecule has 2 aromatic heterocycles. The van der Waals surface area contributed by atoms with Crippen molar-refractivity contribution in [3.63, 3.8) is 0 Å². The topological polar surface area (TPSA) is 93.8 Å². The second-order valence-electron chi connectivity index (χ2n) is 3.24. The Balaban J connectivity index is 2.33. The zero-order chi connectivity index (χ0) is 11.5. The lowest BCUT2D eigenvalue weighted by Crippen LogP contribution is -2.06. The van der Waals surface area contributed by atoms with Gasteiger partial charge in [-0.1, -0.05) is 6.07 Å². The minimum atomic E-state index is -0.875.